The van der Waals surface area contributed by atoms with Crippen LogP contribution in [0.1, 0.15) is 17.3 Å². The van der Waals surface area contributed by atoms with Crippen molar-refractivity contribution in [3.05, 3.63) is 57.0 Å². The molecule has 4 nitrogen and oxygen atoms in total. The molecule has 0 aliphatic heterocycles. The number of carbonyl (C=O) groups excluding carboxylic acids is 2. The number of amides is 2. The largest absolute Gasteiger partial charge is 0.326 e. The maximum Gasteiger partial charge on any atom is 0.255 e. The van der Waals surface area contributed by atoms with Gasteiger partial charge in [0.15, 0.2) is 0 Å². The van der Waals surface area contributed by atoms with Crippen LogP contribution in [-0.4, -0.2) is 11.8 Å². The van der Waals surface area contributed by atoms with Crippen LogP contribution in [0.5, 0.6) is 0 Å². The lowest BCUT2D eigenvalue weighted by atomic mass is 10.2. The number of carbonyl (C=O) groups is 2. The Hall–Kier alpha value is -1.75. The minimum atomic E-state index is -0.388. The molecule has 2 amide bonds. The Balaban J connectivity index is 2.23. The van der Waals surface area contributed by atoms with Gasteiger partial charge in [0.05, 0.1) is 20.8 Å². The van der Waals surface area contributed by atoms with Gasteiger partial charge in [0.1, 0.15) is 0 Å². The van der Waals surface area contributed by atoms with Crippen molar-refractivity contribution in [2.24, 2.45) is 0 Å². The quantitative estimate of drug-likeness (QED) is 0.824. The summed E-state index contributed by atoms with van der Waals surface area (Å²) in [6.07, 6.45) is 0. The van der Waals surface area contributed by atoms with Crippen molar-refractivity contribution >= 4 is 58.0 Å². The maximum atomic E-state index is 12.2. The number of hydrogen-bond donors (Lipinski definition) is 2. The van der Waals surface area contributed by atoms with Gasteiger partial charge in [-0.3, -0.25) is 9.59 Å². The topological polar surface area (TPSA) is 58.2 Å². The van der Waals surface area contributed by atoms with Gasteiger partial charge in [-0.05, 0) is 36.4 Å². The van der Waals surface area contributed by atoms with Crippen molar-refractivity contribution in [2.45, 2.75) is 6.92 Å². The Morgan fingerprint density at radius 2 is 1.55 bits per heavy atom. The molecule has 22 heavy (non-hydrogen) atoms. The zero-order valence-corrected chi connectivity index (χ0v) is 13.7. The predicted molar refractivity (Wildman–Crippen MR) is 90.2 cm³/mol. The normalized spacial score (nSPS) is 10.2. The first-order valence-electron chi connectivity index (χ1n) is 6.20. The van der Waals surface area contributed by atoms with Crippen molar-refractivity contribution in [3.63, 3.8) is 0 Å². The van der Waals surface area contributed by atoms with Crippen molar-refractivity contribution in [3.8, 4) is 0 Å². The Morgan fingerprint density at radius 1 is 0.864 bits per heavy atom. The lowest BCUT2D eigenvalue weighted by Crippen LogP contribution is -2.13. The molecule has 0 aliphatic carbocycles. The number of halogens is 3. The van der Waals surface area contributed by atoms with Crippen molar-refractivity contribution in [1.29, 1.82) is 0 Å². The predicted octanol–water partition coefficient (Wildman–Crippen LogP) is 4.86. The summed E-state index contributed by atoms with van der Waals surface area (Å²) in [6.45, 7) is 1.39. The van der Waals surface area contributed by atoms with Crippen LogP contribution in [0.4, 0.5) is 11.4 Å². The number of anilines is 2. The van der Waals surface area contributed by atoms with E-state index in [4.69, 9.17) is 34.8 Å². The van der Waals surface area contributed by atoms with Gasteiger partial charge in [-0.25, -0.2) is 0 Å². The lowest BCUT2D eigenvalue weighted by Gasteiger charge is -2.10. The summed E-state index contributed by atoms with van der Waals surface area (Å²) in [5.41, 5.74) is 1.25. The molecule has 0 unspecified atom stereocenters. The van der Waals surface area contributed by atoms with Gasteiger partial charge < -0.3 is 10.6 Å². The van der Waals surface area contributed by atoms with E-state index in [1.807, 2.05) is 0 Å². The average molecular weight is 358 g/mol. The Bertz CT molecular complexity index is 748. The van der Waals surface area contributed by atoms with E-state index >= 15 is 0 Å². The van der Waals surface area contributed by atoms with E-state index in [0.717, 1.165) is 0 Å². The zero-order valence-electron chi connectivity index (χ0n) is 11.4. The third-order valence-electron chi connectivity index (χ3n) is 2.72. The van der Waals surface area contributed by atoms with Crippen LogP contribution in [0.25, 0.3) is 0 Å². The van der Waals surface area contributed by atoms with E-state index in [0.29, 0.717) is 27.0 Å². The van der Waals surface area contributed by atoms with Crippen molar-refractivity contribution in [2.75, 3.05) is 10.6 Å². The fourth-order valence-corrected chi connectivity index (χ4v) is 2.20. The fourth-order valence-electron chi connectivity index (χ4n) is 1.73. The monoisotopic (exact) mass is 356 g/mol. The Labute approximate surface area is 142 Å². The first kappa shape index (κ1) is 16.6. The van der Waals surface area contributed by atoms with Crippen LogP contribution in [0, 0.1) is 0 Å². The van der Waals surface area contributed by atoms with E-state index in [9.17, 15) is 9.59 Å². The number of hydrogen-bond acceptors (Lipinski definition) is 2. The van der Waals surface area contributed by atoms with Gasteiger partial charge >= 0.3 is 0 Å². The third kappa shape index (κ3) is 4.13. The van der Waals surface area contributed by atoms with Gasteiger partial charge in [0.2, 0.25) is 5.91 Å². The molecule has 0 bridgehead atoms. The van der Waals surface area contributed by atoms with E-state index in [1.54, 1.807) is 24.3 Å². The summed E-state index contributed by atoms with van der Waals surface area (Å²) in [7, 11) is 0. The SMILES string of the molecule is CC(=O)Nc1ccc(Cl)c(NC(=O)c2ccc(Cl)c(Cl)c2)c1. The van der Waals surface area contributed by atoms with Gasteiger partial charge in [0, 0.05) is 18.2 Å². The summed E-state index contributed by atoms with van der Waals surface area (Å²) in [5.74, 6) is -0.607. The molecular weight excluding hydrogens is 347 g/mol. The highest BCUT2D eigenvalue weighted by atomic mass is 35.5. The summed E-state index contributed by atoms with van der Waals surface area (Å²) < 4.78 is 0. The van der Waals surface area contributed by atoms with Gasteiger partial charge in [-0.15, -0.1) is 0 Å². The Morgan fingerprint density at radius 3 is 2.18 bits per heavy atom. The summed E-state index contributed by atoms with van der Waals surface area (Å²) in [5, 5.41) is 6.28. The fraction of sp³-hybridized carbons (Fsp3) is 0.0667. The highest BCUT2D eigenvalue weighted by Gasteiger charge is 2.11. The highest BCUT2D eigenvalue weighted by molar-refractivity contribution is 6.42. The van der Waals surface area contributed by atoms with E-state index in [2.05, 4.69) is 10.6 Å². The molecule has 0 heterocycles. The summed E-state index contributed by atoms with van der Waals surface area (Å²) in [6, 6.07) is 9.34. The summed E-state index contributed by atoms with van der Waals surface area (Å²) in [4.78, 5) is 23.3. The molecule has 2 aromatic rings. The molecule has 0 spiro atoms. The minimum Gasteiger partial charge on any atom is -0.326 e. The smallest absolute Gasteiger partial charge is 0.255 e. The second-order valence-electron chi connectivity index (χ2n) is 4.46. The third-order valence-corrected chi connectivity index (χ3v) is 3.79. The zero-order chi connectivity index (χ0) is 16.3. The van der Waals surface area contributed by atoms with Crippen LogP contribution in [-0.2, 0) is 4.79 Å². The van der Waals surface area contributed by atoms with Gasteiger partial charge in [0.25, 0.3) is 5.91 Å². The van der Waals surface area contributed by atoms with E-state index in [1.165, 1.54) is 19.1 Å². The van der Waals surface area contributed by atoms with E-state index < -0.39 is 0 Å². The van der Waals surface area contributed by atoms with Crippen LogP contribution < -0.4 is 10.6 Å². The van der Waals surface area contributed by atoms with E-state index in [-0.39, 0.29) is 16.8 Å². The summed E-state index contributed by atoms with van der Waals surface area (Å²) >= 11 is 17.8. The minimum absolute atomic E-state index is 0.218. The molecule has 2 aromatic carbocycles. The maximum absolute atomic E-state index is 12.2. The molecule has 2 N–H and O–H groups in total. The molecular formula is C15H11Cl3N2O2. The highest BCUT2D eigenvalue weighted by Crippen LogP contribution is 2.27. The molecule has 0 fully saturated rings. The number of nitrogens with one attached hydrogen (secondary N) is 2. The first-order chi connectivity index (χ1) is 10.4. The van der Waals surface area contributed by atoms with Crippen LogP contribution in [0.3, 0.4) is 0 Å². The molecule has 2 rings (SSSR count). The second-order valence-corrected chi connectivity index (χ2v) is 5.68. The van der Waals surface area contributed by atoms with Crippen LogP contribution in [0.2, 0.25) is 15.1 Å². The standard InChI is InChI=1S/C15H11Cl3N2O2/c1-8(21)19-10-3-5-12(17)14(7-10)20-15(22)9-2-4-11(16)13(18)6-9/h2-7H,1H3,(H,19,21)(H,20,22). The molecule has 0 radical (unpaired) electrons. The Kier molecular flexibility index (Phi) is 5.29. The molecule has 0 saturated heterocycles. The first-order valence-corrected chi connectivity index (χ1v) is 7.34. The van der Waals surface area contributed by atoms with Crippen molar-refractivity contribution < 1.29 is 9.59 Å². The van der Waals surface area contributed by atoms with Crippen molar-refractivity contribution in [1.82, 2.24) is 0 Å². The molecule has 0 aromatic heterocycles. The van der Waals surface area contributed by atoms with Gasteiger partial charge in [-0.1, -0.05) is 34.8 Å². The van der Waals surface area contributed by atoms with Crippen LogP contribution in [0.15, 0.2) is 36.4 Å². The molecule has 0 saturated carbocycles. The number of benzene rings is 2. The molecule has 7 heteroatoms. The lowest BCUT2D eigenvalue weighted by molar-refractivity contribution is -0.114. The molecule has 0 atom stereocenters. The number of rotatable bonds is 3. The second kappa shape index (κ2) is 7.01. The van der Waals surface area contributed by atoms with Crippen LogP contribution >= 0.6 is 34.8 Å². The molecule has 0 aliphatic rings. The average Bonchev–Trinajstić information content (AvgIpc) is 2.45. The molecule has 114 valence electrons. The van der Waals surface area contributed by atoms with Gasteiger partial charge in [-0.2, -0.15) is 0 Å².